The molecule has 1 unspecified atom stereocenters. The van der Waals surface area contributed by atoms with E-state index in [4.69, 9.17) is 14.5 Å². The molecule has 1 aromatic heterocycles. The molecule has 8 heteroatoms. The number of halogens is 1. The van der Waals surface area contributed by atoms with Gasteiger partial charge in [-0.1, -0.05) is 47.7 Å². The summed E-state index contributed by atoms with van der Waals surface area (Å²) in [7, 11) is 1.65. The molecule has 2 heterocycles. The predicted molar refractivity (Wildman–Crippen MR) is 158 cm³/mol. The van der Waals surface area contributed by atoms with Crippen LogP contribution in [0.1, 0.15) is 41.6 Å². The second-order valence-corrected chi connectivity index (χ2v) is 11.3. The first kappa shape index (κ1) is 24.9. The Kier molecular flexibility index (Phi) is 6.61. The molecule has 2 aliphatic rings. The van der Waals surface area contributed by atoms with Gasteiger partial charge < -0.3 is 14.6 Å². The van der Waals surface area contributed by atoms with Gasteiger partial charge in [0.05, 0.1) is 33.6 Å². The van der Waals surface area contributed by atoms with Gasteiger partial charge in [0.15, 0.2) is 16.3 Å². The molecule has 1 aliphatic heterocycles. The van der Waals surface area contributed by atoms with Gasteiger partial charge in [-0.25, -0.2) is 4.99 Å². The lowest BCUT2D eigenvalue weighted by atomic mass is 9.83. The van der Waals surface area contributed by atoms with Gasteiger partial charge in [0.25, 0.3) is 5.56 Å². The Hall–Kier alpha value is -3.37. The van der Waals surface area contributed by atoms with Crippen LogP contribution in [-0.4, -0.2) is 23.4 Å². The minimum absolute atomic E-state index is 0.0824. The average molecular weight is 637 g/mol. The zero-order valence-corrected chi connectivity index (χ0v) is 23.9. The average Bonchev–Trinajstić information content (AvgIpc) is 3.24. The Balaban J connectivity index is 1.58. The Labute approximate surface area is 237 Å². The smallest absolute Gasteiger partial charge is 0.271 e. The van der Waals surface area contributed by atoms with E-state index >= 15 is 0 Å². The molecule has 1 N–H and O–H groups in total. The number of hydrogen-bond acceptors (Lipinski definition) is 6. The monoisotopic (exact) mass is 636 g/mol. The lowest BCUT2D eigenvalue weighted by Crippen LogP contribution is -2.38. The molecule has 6 nitrogen and oxygen atoms in total. The third-order valence-electron chi connectivity index (χ3n) is 6.95. The van der Waals surface area contributed by atoms with Crippen molar-refractivity contribution in [3.05, 3.63) is 112 Å². The molecule has 4 aromatic rings. The second-order valence-electron chi connectivity index (χ2n) is 9.17. The van der Waals surface area contributed by atoms with E-state index in [1.54, 1.807) is 13.2 Å². The molecule has 0 spiro atoms. The summed E-state index contributed by atoms with van der Waals surface area (Å²) in [5, 5.41) is 10.4. The van der Waals surface area contributed by atoms with Crippen molar-refractivity contribution in [1.82, 2.24) is 4.57 Å². The molecule has 38 heavy (non-hydrogen) atoms. The number of aryl methyl sites for hydroxylation is 1. The van der Waals surface area contributed by atoms with Crippen LogP contribution in [0.25, 0.3) is 11.8 Å². The van der Waals surface area contributed by atoms with Crippen LogP contribution in [0, 0.1) is 3.57 Å². The van der Waals surface area contributed by atoms with Gasteiger partial charge in [-0.15, -0.1) is 0 Å². The molecule has 3 aromatic carbocycles. The summed E-state index contributed by atoms with van der Waals surface area (Å²) >= 11 is 3.46. The normalized spacial score (nSPS) is 16.4. The molecule has 0 bridgehead atoms. The molecule has 0 saturated heterocycles. The van der Waals surface area contributed by atoms with Crippen LogP contribution in [0.4, 0.5) is 0 Å². The highest BCUT2D eigenvalue weighted by atomic mass is 127. The number of fused-ring (bicyclic) bond motifs is 3. The van der Waals surface area contributed by atoms with Gasteiger partial charge in [-0.2, -0.15) is 0 Å². The van der Waals surface area contributed by atoms with E-state index in [1.807, 2.05) is 54.0 Å². The maximum Gasteiger partial charge on any atom is 0.271 e. The lowest BCUT2D eigenvalue weighted by molar-refractivity contribution is 0.317. The number of allylic oxidation sites excluding steroid dienone is 1. The van der Waals surface area contributed by atoms with Crippen molar-refractivity contribution in [2.45, 2.75) is 25.8 Å². The Morgan fingerprint density at radius 1 is 1.16 bits per heavy atom. The predicted octanol–water partition coefficient (Wildman–Crippen LogP) is 5.04. The zero-order chi connectivity index (χ0) is 26.4. The Morgan fingerprint density at radius 2 is 1.95 bits per heavy atom. The largest absolute Gasteiger partial charge is 0.504 e. The molecule has 0 radical (unpaired) electrons. The minimum atomic E-state index is -0.249. The van der Waals surface area contributed by atoms with E-state index in [0.717, 1.165) is 46.6 Å². The second kappa shape index (κ2) is 10.1. The van der Waals surface area contributed by atoms with E-state index < -0.39 is 0 Å². The lowest BCUT2D eigenvalue weighted by Gasteiger charge is -2.30. The van der Waals surface area contributed by atoms with Crippen LogP contribution >= 0.6 is 33.9 Å². The fourth-order valence-corrected chi connectivity index (χ4v) is 6.83. The maximum absolute atomic E-state index is 14.0. The third kappa shape index (κ3) is 4.25. The summed E-state index contributed by atoms with van der Waals surface area (Å²) in [6.45, 7) is 2.31. The van der Waals surface area contributed by atoms with Crippen molar-refractivity contribution >= 4 is 45.7 Å². The third-order valence-corrected chi connectivity index (χ3v) is 8.76. The fraction of sp³-hybridized carbons (Fsp3) is 0.200. The number of rotatable bonds is 5. The van der Waals surface area contributed by atoms with E-state index in [-0.39, 0.29) is 17.4 Å². The van der Waals surface area contributed by atoms with Crippen LogP contribution in [-0.2, 0) is 6.42 Å². The topological polar surface area (TPSA) is 73.0 Å². The van der Waals surface area contributed by atoms with Gasteiger partial charge in [0, 0.05) is 5.56 Å². The first-order chi connectivity index (χ1) is 18.5. The number of nitrogens with zero attached hydrogens (tertiary/aromatic N) is 2. The molecule has 6 rings (SSSR count). The van der Waals surface area contributed by atoms with E-state index in [9.17, 15) is 9.90 Å². The standard InChI is InChI=1S/C30H25IN2O4S/c1-3-37-24-15-17(14-23(31)28(24)34)16-25-29(35)33-27(19-8-11-20(36-2)12-9-19)22-13-10-18-6-4-5-7-21(18)26(22)32-30(33)38-25/h4-9,11-12,14-16,27,34H,3,10,13H2,1-2H3. The van der Waals surface area contributed by atoms with Crippen molar-refractivity contribution in [3.63, 3.8) is 0 Å². The van der Waals surface area contributed by atoms with Crippen LogP contribution < -0.4 is 24.4 Å². The number of methoxy groups -OCH3 is 1. The van der Waals surface area contributed by atoms with Crippen molar-refractivity contribution in [1.29, 1.82) is 0 Å². The first-order valence-corrected chi connectivity index (χ1v) is 14.3. The highest BCUT2D eigenvalue weighted by molar-refractivity contribution is 14.1. The minimum Gasteiger partial charge on any atom is -0.504 e. The molecular formula is C30H25IN2O4S. The number of aromatic nitrogens is 1. The van der Waals surface area contributed by atoms with Gasteiger partial charge >= 0.3 is 0 Å². The van der Waals surface area contributed by atoms with Crippen LogP contribution in [0.3, 0.4) is 0 Å². The number of phenols is 1. The number of thiazole rings is 1. The molecule has 0 saturated carbocycles. The molecule has 192 valence electrons. The highest BCUT2D eigenvalue weighted by Gasteiger charge is 2.32. The number of aromatic hydroxyl groups is 1. The van der Waals surface area contributed by atoms with E-state index in [2.05, 4.69) is 40.8 Å². The van der Waals surface area contributed by atoms with Gasteiger partial charge in [-0.3, -0.25) is 9.36 Å². The summed E-state index contributed by atoms with van der Waals surface area (Å²) in [6, 6.07) is 19.7. The highest BCUT2D eigenvalue weighted by Crippen LogP contribution is 2.41. The summed E-state index contributed by atoms with van der Waals surface area (Å²) < 4.78 is 14.1. The molecule has 1 aliphatic carbocycles. The van der Waals surface area contributed by atoms with E-state index in [0.29, 0.717) is 25.3 Å². The van der Waals surface area contributed by atoms with Gasteiger partial charge in [0.2, 0.25) is 0 Å². The Bertz CT molecular complexity index is 1770. The number of benzene rings is 3. The summed E-state index contributed by atoms with van der Waals surface area (Å²) in [5.41, 5.74) is 6.28. The van der Waals surface area contributed by atoms with Crippen molar-refractivity contribution in [2.75, 3.05) is 13.7 Å². The summed E-state index contributed by atoms with van der Waals surface area (Å²) in [5.74, 6) is 1.29. The molecule has 1 atom stereocenters. The van der Waals surface area contributed by atoms with Gasteiger partial charge in [-0.05, 0) is 95.0 Å². The van der Waals surface area contributed by atoms with Crippen molar-refractivity contribution in [3.8, 4) is 17.2 Å². The molecule has 0 fully saturated rings. The van der Waals surface area contributed by atoms with Crippen LogP contribution in [0.2, 0.25) is 0 Å². The number of phenolic OH excluding ortho intramolecular Hbond substituents is 1. The SMILES string of the molecule is CCOc1cc(C=c2sc3n(c2=O)C(c2ccc(OC)cc2)C2=C(N=3)c3ccccc3CC2)cc(I)c1O. The van der Waals surface area contributed by atoms with Gasteiger partial charge in [0.1, 0.15) is 5.75 Å². The number of ether oxygens (including phenoxy) is 2. The van der Waals surface area contributed by atoms with Crippen LogP contribution in [0.15, 0.2) is 76.0 Å². The molecular weight excluding hydrogens is 611 g/mol. The van der Waals surface area contributed by atoms with Crippen molar-refractivity contribution in [2.24, 2.45) is 4.99 Å². The Morgan fingerprint density at radius 3 is 2.71 bits per heavy atom. The summed E-state index contributed by atoms with van der Waals surface area (Å²) in [6.07, 6.45) is 3.60. The first-order valence-electron chi connectivity index (χ1n) is 12.4. The van der Waals surface area contributed by atoms with Crippen LogP contribution in [0.5, 0.6) is 17.2 Å². The molecule has 0 amide bonds. The maximum atomic E-state index is 14.0. The van der Waals surface area contributed by atoms with Crippen molar-refractivity contribution < 1.29 is 14.6 Å². The number of hydrogen-bond donors (Lipinski definition) is 1. The summed E-state index contributed by atoms with van der Waals surface area (Å²) in [4.78, 5) is 19.7. The fourth-order valence-electron chi connectivity index (χ4n) is 5.20. The zero-order valence-electron chi connectivity index (χ0n) is 20.9. The van der Waals surface area contributed by atoms with E-state index in [1.165, 1.54) is 16.9 Å². The quantitative estimate of drug-likeness (QED) is 0.312.